The number of nitrogens with zero attached hydrogens (tertiary/aromatic N) is 1. The standard InChI is InChI=1S/C10H16N2OS/c1-10(2,11)8-6-14-9(12-8)7-4-3-5-13-7/h6-7H,3-5,11H2,1-2H3. The van der Waals surface area contributed by atoms with Gasteiger partial charge in [0.1, 0.15) is 11.1 Å². The first-order valence-electron chi connectivity index (χ1n) is 4.94. The molecule has 0 aliphatic carbocycles. The van der Waals surface area contributed by atoms with Gasteiger partial charge in [0.25, 0.3) is 0 Å². The van der Waals surface area contributed by atoms with E-state index in [9.17, 15) is 0 Å². The van der Waals surface area contributed by atoms with Gasteiger partial charge < -0.3 is 10.5 Å². The Morgan fingerprint density at radius 1 is 1.64 bits per heavy atom. The first-order valence-corrected chi connectivity index (χ1v) is 5.82. The highest BCUT2D eigenvalue weighted by Crippen LogP contribution is 2.32. The van der Waals surface area contributed by atoms with Crippen molar-refractivity contribution in [2.24, 2.45) is 5.73 Å². The van der Waals surface area contributed by atoms with Crippen LogP contribution in [0, 0.1) is 0 Å². The van der Waals surface area contributed by atoms with Crippen molar-refractivity contribution in [3.05, 3.63) is 16.1 Å². The Bertz CT molecular complexity index is 310. The number of thiazole rings is 1. The Labute approximate surface area is 88.3 Å². The van der Waals surface area contributed by atoms with E-state index < -0.39 is 0 Å². The van der Waals surface area contributed by atoms with Crippen LogP contribution >= 0.6 is 11.3 Å². The molecule has 3 nitrogen and oxygen atoms in total. The van der Waals surface area contributed by atoms with E-state index in [-0.39, 0.29) is 11.6 Å². The van der Waals surface area contributed by atoms with Crippen LogP contribution in [-0.4, -0.2) is 11.6 Å². The molecule has 78 valence electrons. The van der Waals surface area contributed by atoms with Crippen LogP contribution in [0.3, 0.4) is 0 Å². The van der Waals surface area contributed by atoms with E-state index in [1.54, 1.807) is 11.3 Å². The number of hydrogen-bond donors (Lipinski definition) is 1. The van der Waals surface area contributed by atoms with Crippen LogP contribution in [0.25, 0.3) is 0 Å². The first-order chi connectivity index (χ1) is 6.57. The van der Waals surface area contributed by atoms with Gasteiger partial charge in [-0.25, -0.2) is 4.98 Å². The van der Waals surface area contributed by atoms with Crippen molar-refractivity contribution in [1.82, 2.24) is 4.98 Å². The van der Waals surface area contributed by atoms with E-state index >= 15 is 0 Å². The van der Waals surface area contributed by atoms with Crippen LogP contribution in [0.2, 0.25) is 0 Å². The van der Waals surface area contributed by atoms with Gasteiger partial charge in [0.15, 0.2) is 0 Å². The van der Waals surface area contributed by atoms with E-state index in [2.05, 4.69) is 4.98 Å². The van der Waals surface area contributed by atoms with E-state index in [4.69, 9.17) is 10.5 Å². The summed E-state index contributed by atoms with van der Waals surface area (Å²) in [4.78, 5) is 4.53. The zero-order chi connectivity index (χ0) is 10.2. The Hall–Kier alpha value is -0.450. The minimum Gasteiger partial charge on any atom is -0.371 e. The van der Waals surface area contributed by atoms with Crippen LogP contribution < -0.4 is 5.73 Å². The SMILES string of the molecule is CC(C)(N)c1csc(C2CCCO2)n1. The lowest BCUT2D eigenvalue weighted by Gasteiger charge is -2.14. The smallest absolute Gasteiger partial charge is 0.122 e. The Balaban J connectivity index is 2.17. The summed E-state index contributed by atoms with van der Waals surface area (Å²) in [6, 6.07) is 0. The van der Waals surface area contributed by atoms with Crippen molar-refractivity contribution in [3.63, 3.8) is 0 Å². The number of rotatable bonds is 2. The highest BCUT2D eigenvalue weighted by atomic mass is 32.1. The average Bonchev–Trinajstić information content (AvgIpc) is 2.73. The molecule has 2 heterocycles. The zero-order valence-electron chi connectivity index (χ0n) is 8.62. The fraction of sp³-hybridized carbons (Fsp3) is 0.700. The summed E-state index contributed by atoms with van der Waals surface area (Å²) in [7, 11) is 0. The molecule has 0 radical (unpaired) electrons. The molecule has 4 heteroatoms. The Kier molecular flexibility index (Phi) is 2.60. The average molecular weight is 212 g/mol. The van der Waals surface area contributed by atoms with Crippen molar-refractivity contribution >= 4 is 11.3 Å². The molecule has 0 spiro atoms. The van der Waals surface area contributed by atoms with E-state index in [0.717, 1.165) is 30.2 Å². The molecule has 2 N–H and O–H groups in total. The largest absolute Gasteiger partial charge is 0.371 e. The maximum atomic E-state index is 5.97. The lowest BCUT2D eigenvalue weighted by Crippen LogP contribution is -2.29. The van der Waals surface area contributed by atoms with Crippen LogP contribution in [0.1, 0.15) is 43.5 Å². The van der Waals surface area contributed by atoms with Crippen molar-refractivity contribution in [2.45, 2.75) is 38.3 Å². The highest BCUT2D eigenvalue weighted by Gasteiger charge is 2.24. The maximum absolute atomic E-state index is 5.97. The van der Waals surface area contributed by atoms with Crippen LogP contribution in [-0.2, 0) is 10.3 Å². The van der Waals surface area contributed by atoms with Crippen LogP contribution in [0.15, 0.2) is 5.38 Å². The topological polar surface area (TPSA) is 48.1 Å². The van der Waals surface area contributed by atoms with Gasteiger partial charge in [-0.2, -0.15) is 0 Å². The molecule has 1 unspecified atom stereocenters. The molecule has 1 fully saturated rings. The Morgan fingerprint density at radius 2 is 2.43 bits per heavy atom. The van der Waals surface area contributed by atoms with Crippen LogP contribution in [0.4, 0.5) is 0 Å². The van der Waals surface area contributed by atoms with Crippen molar-refractivity contribution in [2.75, 3.05) is 6.61 Å². The first kappa shape index (κ1) is 10.1. The minimum atomic E-state index is -0.340. The molecule has 2 rings (SSSR count). The lowest BCUT2D eigenvalue weighted by molar-refractivity contribution is 0.111. The van der Waals surface area contributed by atoms with Gasteiger partial charge in [0.05, 0.1) is 11.2 Å². The molecule has 1 aliphatic heterocycles. The van der Waals surface area contributed by atoms with Crippen molar-refractivity contribution < 1.29 is 4.74 Å². The summed E-state index contributed by atoms with van der Waals surface area (Å²) in [5, 5.41) is 3.12. The molecule has 14 heavy (non-hydrogen) atoms. The molecule has 1 aromatic rings. The number of nitrogens with two attached hydrogens (primary N) is 1. The van der Waals surface area contributed by atoms with E-state index in [1.807, 2.05) is 19.2 Å². The number of ether oxygens (including phenoxy) is 1. The summed E-state index contributed by atoms with van der Waals surface area (Å²) in [5.41, 5.74) is 6.60. The predicted octanol–water partition coefficient (Wildman–Crippen LogP) is 2.19. The fourth-order valence-electron chi connectivity index (χ4n) is 1.50. The fourth-order valence-corrected chi connectivity index (χ4v) is 2.58. The quantitative estimate of drug-likeness (QED) is 0.817. The summed E-state index contributed by atoms with van der Waals surface area (Å²) in [5.74, 6) is 0. The van der Waals surface area contributed by atoms with E-state index in [1.165, 1.54) is 0 Å². The van der Waals surface area contributed by atoms with Gasteiger partial charge in [0, 0.05) is 12.0 Å². The molecule has 1 saturated heterocycles. The van der Waals surface area contributed by atoms with Gasteiger partial charge in [-0.3, -0.25) is 0 Å². The molecular weight excluding hydrogens is 196 g/mol. The monoisotopic (exact) mass is 212 g/mol. The normalized spacial score (nSPS) is 22.9. The summed E-state index contributed by atoms with van der Waals surface area (Å²) in [6.07, 6.45) is 2.46. The van der Waals surface area contributed by atoms with E-state index in [0.29, 0.717) is 0 Å². The molecule has 0 bridgehead atoms. The van der Waals surface area contributed by atoms with Gasteiger partial charge in [-0.1, -0.05) is 0 Å². The summed E-state index contributed by atoms with van der Waals surface area (Å²) >= 11 is 1.66. The van der Waals surface area contributed by atoms with Gasteiger partial charge in [0.2, 0.25) is 0 Å². The third-order valence-electron chi connectivity index (χ3n) is 2.39. The Morgan fingerprint density at radius 3 is 2.93 bits per heavy atom. The van der Waals surface area contributed by atoms with Gasteiger partial charge >= 0.3 is 0 Å². The van der Waals surface area contributed by atoms with Gasteiger partial charge in [-0.05, 0) is 26.7 Å². The summed E-state index contributed by atoms with van der Waals surface area (Å²) < 4.78 is 5.57. The third kappa shape index (κ3) is 1.97. The molecule has 1 aromatic heterocycles. The summed E-state index contributed by atoms with van der Waals surface area (Å²) in [6.45, 7) is 4.81. The van der Waals surface area contributed by atoms with Crippen molar-refractivity contribution in [3.8, 4) is 0 Å². The second kappa shape index (κ2) is 3.61. The number of aromatic nitrogens is 1. The maximum Gasteiger partial charge on any atom is 0.122 e. The third-order valence-corrected chi connectivity index (χ3v) is 3.32. The van der Waals surface area contributed by atoms with Crippen molar-refractivity contribution in [1.29, 1.82) is 0 Å². The molecule has 0 amide bonds. The second-order valence-electron chi connectivity index (χ2n) is 4.29. The van der Waals surface area contributed by atoms with Crippen LogP contribution in [0.5, 0.6) is 0 Å². The minimum absolute atomic E-state index is 0.219. The zero-order valence-corrected chi connectivity index (χ0v) is 9.43. The highest BCUT2D eigenvalue weighted by molar-refractivity contribution is 7.09. The number of hydrogen-bond acceptors (Lipinski definition) is 4. The molecule has 1 aliphatic rings. The molecule has 0 saturated carbocycles. The second-order valence-corrected chi connectivity index (χ2v) is 5.18. The lowest BCUT2D eigenvalue weighted by atomic mass is 10.0. The predicted molar refractivity (Wildman–Crippen MR) is 57.3 cm³/mol. The molecular formula is C10H16N2OS. The molecule has 0 aromatic carbocycles. The van der Waals surface area contributed by atoms with Gasteiger partial charge in [-0.15, -0.1) is 11.3 Å². The molecule has 1 atom stereocenters.